The number of piperidine rings is 1. The number of aliphatic imine (C=N–C) groups is 1. The van der Waals surface area contributed by atoms with Crippen molar-refractivity contribution in [3.8, 4) is 0 Å². The molecule has 1 saturated heterocycles. The van der Waals surface area contributed by atoms with E-state index in [4.69, 9.17) is 4.74 Å². The van der Waals surface area contributed by atoms with Crippen molar-refractivity contribution in [3.05, 3.63) is 0 Å². The summed E-state index contributed by atoms with van der Waals surface area (Å²) < 4.78 is 30.5. The Balaban J connectivity index is 0.00000400. The van der Waals surface area contributed by atoms with Gasteiger partial charge >= 0.3 is 0 Å². The van der Waals surface area contributed by atoms with Crippen LogP contribution in [0.4, 0.5) is 8.78 Å². The second-order valence-electron chi connectivity index (χ2n) is 6.00. The molecule has 7 heteroatoms. The molecular formula is C14H28F2IN3O. The third-order valence-electron chi connectivity index (χ3n) is 2.98. The molecule has 1 N–H and O–H groups in total. The fraction of sp³-hybridized carbons (Fsp3) is 0.929. The van der Waals surface area contributed by atoms with E-state index in [1.807, 2.05) is 32.6 Å². The van der Waals surface area contributed by atoms with Crippen molar-refractivity contribution in [1.82, 2.24) is 10.2 Å². The lowest BCUT2D eigenvalue weighted by Gasteiger charge is -2.37. The molecule has 0 aromatic heterocycles. The van der Waals surface area contributed by atoms with Gasteiger partial charge in [0.1, 0.15) is 6.54 Å². The van der Waals surface area contributed by atoms with Crippen LogP contribution in [-0.2, 0) is 4.74 Å². The highest BCUT2D eigenvalue weighted by molar-refractivity contribution is 14.0. The van der Waals surface area contributed by atoms with Crippen molar-refractivity contribution < 1.29 is 13.5 Å². The lowest BCUT2D eigenvalue weighted by Crippen LogP contribution is -2.48. The summed E-state index contributed by atoms with van der Waals surface area (Å²) in [6, 6.07) is 0. The largest absolute Gasteiger partial charge is 0.372 e. The van der Waals surface area contributed by atoms with Gasteiger partial charge in [0.25, 0.3) is 6.43 Å². The van der Waals surface area contributed by atoms with Crippen LogP contribution in [0.1, 0.15) is 40.5 Å². The zero-order valence-corrected chi connectivity index (χ0v) is 15.7. The molecule has 0 saturated carbocycles. The molecular weight excluding hydrogens is 391 g/mol. The van der Waals surface area contributed by atoms with Gasteiger partial charge in [-0.25, -0.2) is 13.8 Å². The van der Waals surface area contributed by atoms with Crippen molar-refractivity contribution in [2.45, 2.75) is 58.7 Å². The molecule has 0 aromatic rings. The number of rotatable bonds is 4. The molecule has 0 bridgehead atoms. The summed E-state index contributed by atoms with van der Waals surface area (Å²) in [7, 11) is 0. The molecule has 21 heavy (non-hydrogen) atoms. The first kappa shape index (κ1) is 20.8. The van der Waals surface area contributed by atoms with Crippen LogP contribution in [0.5, 0.6) is 0 Å². The van der Waals surface area contributed by atoms with Gasteiger partial charge in [-0.05, 0) is 40.5 Å². The number of halogens is 3. The molecule has 1 aliphatic heterocycles. The second-order valence-corrected chi connectivity index (χ2v) is 6.00. The Morgan fingerprint density at radius 2 is 1.90 bits per heavy atom. The Bertz CT molecular complexity index is 314. The monoisotopic (exact) mass is 419 g/mol. The maximum Gasteiger partial charge on any atom is 0.257 e. The normalized spacial score (nSPS) is 17.9. The van der Waals surface area contributed by atoms with Crippen LogP contribution in [0.25, 0.3) is 0 Å². The number of nitrogens with zero attached hydrogens (tertiary/aromatic N) is 2. The predicted molar refractivity (Wildman–Crippen MR) is 92.8 cm³/mol. The number of nitrogens with one attached hydrogen (secondary N) is 1. The van der Waals surface area contributed by atoms with E-state index >= 15 is 0 Å². The fourth-order valence-corrected chi connectivity index (χ4v) is 2.27. The molecule has 0 atom stereocenters. The predicted octanol–water partition coefficient (Wildman–Crippen LogP) is 3.11. The lowest BCUT2D eigenvalue weighted by molar-refractivity contribution is -0.0773. The third-order valence-corrected chi connectivity index (χ3v) is 2.98. The van der Waals surface area contributed by atoms with E-state index < -0.39 is 13.0 Å². The summed E-state index contributed by atoms with van der Waals surface area (Å²) in [4.78, 5) is 6.01. The Morgan fingerprint density at radius 3 is 2.33 bits per heavy atom. The van der Waals surface area contributed by atoms with Gasteiger partial charge in [0.15, 0.2) is 5.96 Å². The van der Waals surface area contributed by atoms with E-state index in [0.717, 1.165) is 25.9 Å². The van der Waals surface area contributed by atoms with Crippen molar-refractivity contribution in [2.24, 2.45) is 4.99 Å². The topological polar surface area (TPSA) is 36.9 Å². The average molecular weight is 419 g/mol. The highest BCUT2D eigenvalue weighted by atomic mass is 127. The molecule has 0 spiro atoms. The highest BCUT2D eigenvalue weighted by Gasteiger charge is 2.25. The van der Waals surface area contributed by atoms with E-state index in [-0.39, 0.29) is 35.7 Å². The van der Waals surface area contributed by atoms with Gasteiger partial charge in [-0.2, -0.15) is 0 Å². The third kappa shape index (κ3) is 8.75. The first-order chi connectivity index (χ1) is 9.31. The number of alkyl halides is 2. The van der Waals surface area contributed by atoms with Gasteiger partial charge < -0.3 is 15.0 Å². The summed E-state index contributed by atoms with van der Waals surface area (Å²) in [5.41, 5.74) is -0.138. The van der Waals surface area contributed by atoms with Crippen LogP contribution in [0.15, 0.2) is 4.99 Å². The number of ether oxygens (including phenoxy) is 1. The molecule has 1 rings (SSSR count). The summed E-state index contributed by atoms with van der Waals surface area (Å²) in [6.45, 7) is 9.90. The SMILES string of the molecule is CCNC(=NCC(F)F)N1CCC(OC(C)(C)C)CC1.I. The second kappa shape index (κ2) is 9.76. The summed E-state index contributed by atoms with van der Waals surface area (Å²) in [5, 5.41) is 3.07. The maximum atomic E-state index is 12.3. The van der Waals surface area contributed by atoms with E-state index in [0.29, 0.717) is 12.5 Å². The van der Waals surface area contributed by atoms with Crippen LogP contribution in [0.3, 0.4) is 0 Å². The van der Waals surface area contributed by atoms with Crippen molar-refractivity contribution in [2.75, 3.05) is 26.2 Å². The first-order valence-electron chi connectivity index (χ1n) is 7.31. The minimum Gasteiger partial charge on any atom is -0.372 e. The molecule has 0 radical (unpaired) electrons. The molecule has 0 aromatic carbocycles. The van der Waals surface area contributed by atoms with E-state index in [9.17, 15) is 8.78 Å². The van der Waals surface area contributed by atoms with Gasteiger partial charge in [-0.3, -0.25) is 0 Å². The standard InChI is InChI=1S/C14H27F2N3O.HI/c1-5-17-13(18-10-12(15)16)19-8-6-11(7-9-19)20-14(2,3)4;/h11-12H,5-10H2,1-4H3,(H,17,18);1H. The Labute approximate surface area is 143 Å². The van der Waals surface area contributed by atoms with Gasteiger partial charge in [0.2, 0.25) is 0 Å². The lowest BCUT2D eigenvalue weighted by atomic mass is 10.1. The van der Waals surface area contributed by atoms with Gasteiger partial charge in [-0.1, -0.05) is 0 Å². The Hall–Kier alpha value is -0.180. The molecule has 0 amide bonds. The quantitative estimate of drug-likeness (QED) is 0.432. The zero-order valence-electron chi connectivity index (χ0n) is 13.4. The van der Waals surface area contributed by atoms with Crippen LogP contribution in [0.2, 0.25) is 0 Å². The number of hydrogen-bond acceptors (Lipinski definition) is 2. The molecule has 0 aliphatic carbocycles. The molecule has 126 valence electrons. The number of likely N-dealkylation sites (tertiary alicyclic amines) is 1. The molecule has 0 unspecified atom stereocenters. The van der Waals surface area contributed by atoms with Crippen LogP contribution in [0, 0.1) is 0 Å². The molecule has 1 heterocycles. The van der Waals surface area contributed by atoms with E-state index in [1.165, 1.54) is 0 Å². The molecule has 4 nitrogen and oxygen atoms in total. The van der Waals surface area contributed by atoms with Crippen LogP contribution >= 0.6 is 24.0 Å². The van der Waals surface area contributed by atoms with E-state index in [1.54, 1.807) is 0 Å². The molecule has 1 aliphatic rings. The van der Waals surface area contributed by atoms with Crippen molar-refractivity contribution >= 4 is 29.9 Å². The molecule has 1 fully saturated rings. The van der Waals surface area contributed by atoms with Crippen molar-refractivity contribution in [3.63, 3.8) is 0 Å². The van der Waals surface area contributed by atoms with Gasteiger partial charge in [-0.15, -0.1) is 24.0 Å². The van der Waals surface area contributed by atoms with E-state index in [2.05, 4.69) is 10.3 Å². The van der Waals surface area contributed by atoms with Crippen molar-refractivity contribution in [1.29, 1.82) is 0 Å². The smallest absolute Gasteiger partial charge is 0.257 e. The van der Waals surface area contributed by atoms with Gasteiger partial charge in [0, 0.05) is 19.6 Å². The first-order valence-corrected chi connectivity index (χ1v) is 7.31. The number of hydrogen-bond donors (Lipinski definition) is 1. The Morgan fingerprint density at radius 1 is 1.33 bits per heavy atom. The highest BCUT2D eigenvalue weighted by Crippen LogP contribution is 2.20. The summed E-state index contributed by atoms with van der Waals surface area (Å²) in [5.74, 6) is 0.585. The van der Waals surface area contributed by atoms with Crippen LogP contribution < -0.4 is 5.32 Å². The van der Waals surface area contributed by atoms with Gasteiger partial charge in [0.05, 0.1) is 11.7 Å². The minimum atomic E-state index is -2.40. The fourth-order valence-electron chi connectivity index (χ4n) is 2.27. The average Bonchev–Trinajstić information content (AvgIpc) is 2.33. The van der Waals surface area contributed by atoms with Crippen LogP contribution in [-0.4, -0.2) is 55.2 Å². The summed E-state index contributed by atoms with van der Waals surface area (Å²) in [6.07, 6.45) is -0.359. The number of guanidine groups is 1. The zero-order chi connectivity index (χ0) is 15.2. The Kier molecular flexibility index (Phi) is 9.68. The summed E-state index contributed by atoms with van der Waals surface area (Å²) >= 11 is 0. The minimum absolute atomic E-state index is 0. The maximum absolute atomic E-state index is 12.3.